The number of carbonyl (C=O) groups excluding carboxylic acids is 1. The third kappa shape index (κ3) is 2.78. The van der Waals surface area contributed by atoms with E-state index in [0.717, 1.165) is 4.40 Å². The number of nitrogens with zero attached hydrogens (tertiary/aromatic N) is 5. The molecule has 0 bridgehead atoms. The van der Waals surface area contributed by atoms with Crippen LogP contribution in [0.1, 0.15) is 35.6 Å². The van der Waals surface area contributed by atoms with Gasteiger partial charge in [-0.15, -0.1) is 0 Å². The predicted molar refractivity (Wildman–Crippen MR) is 93.6 cm³/mol. The maximum atomic E-state index is 14.5. The van der Waals surface area contributed by atoms with Crippen LogP contribution in [0.5, 0.6) is 0 Å². The van der Waals surface area contributed by atoms with Crippen molar-refractivity contribution < 1.29 is 9.18 Å². The molecule has 0 spiro atoms. The molecule has 132 valence electrons. The Hall–Kier alpha value is -3.00. The molecule has 0 aromatic carbocycles. The Kier molecular flexibility index (Phi) is 4.04. The van der Waals surface area contributed by atoms with E-state index >= 15 is 0 Å². The van der Waals surface area contributed by atoms with E-state index in [1.165, 1.54) is 6.20 Å². The number of amides is 1. The third-order valence-electron chi connectivity index (χ3n) is 4.06. The predicted octanol–water partition coefficient (Wildman–Crippen LogP) is 3.05. The first kappa shape index (κ1) is 16.5. The summed E-state index contributed by atoms with van der Waals surface area (Å²) in [4.78, 5) is 25.2. The van der Waals surface area contributed by atoms with Gasteiger partial charge in [-0.05, 0) is 24.6 Å². The van der Waals surface area contributed by atoms with Gasteiger partial charge in [0, 0.05) is 24.8 Å². The molecule has 4 heterocycles. The van der Waals surface area contributed by atoms with Crippen LogP contribution in [0.15, 0.2) is 43.0 Å². The van der Waals surface area contributed by atoms with E-state index in [2.05, 4.69) is 20.3 Å². The van der Waals surface area contributed by atoms with Crippen LogP contribution in [-0.2, 0) is 0 Å². The highest BCUT2D eigenvalue weighted by Gasteiger charge is 2.23. The summed E-state index contributed by atoms with van der Waals surface area (Å²) >= 11 is 5.87. The Balaban J connectivity index is 1.64. The van der Waals surface area contributed by atoms with Gasteiger partial charge in [0.25, 0.3) is 5.91 Å². The van der Waals surface area contributed by atoms with Gasteiger partial charge in [0.2, 0.25) is 11.7 Å². The number of pyridine rings is 1. The summed E-state index contributed by atoms with van der Waals surface area (Å²) in [7, 11) is 0. The fourth-order valence-electron chi connectivity index (χ4n) is 2.76. The van der Waals surface area contributed by atoms with E-state index in [1.54, 1.807) is 35.0 Å². The zero-order valence-corrected chi connectivity index (χ0v) is 14.5. The van der Waals surface area contributed by atoms with Crippen molar-refractivity contribution >= 4 is 28.9 Å². The minimum Gasteiger partial charge on any atom is -0.342 e. The highest BCUT2D eigenvalue weighted by molar-refractivity contribution is 6.30. The molecular weight excluding hydrogens is 359 g/mol. The van der Waals surface area contributed by atoms with E-state index in [0.29, 0.717) is 28.6 Å². The van der Waals surface area contributed by atoms with Gasteiger partial charge in [-0.3, -0.25) is 13.6 Å². The van der Waals surface area contributed by atoms with Crippen molar-refractivity contribution in [2.45, 2.75) is 19.4 Å². The second kappa shape index (κ2) is 6.38. The van der Waals surface area contributed by atoms with Crippen molar-refractivity contribution in [1.82, 2.24) is 29.1 Å². The maximum Gasteiger partial charge on any atom is 0.275 e. The first-order valence-corrected chi connectivity index (χ1v) is 8.38. The van der Waals surface area contributed by atoms with Crippen LogP contribution >= 0.6 is 11.6 Å². The van der Waals surface area contributed by atoms with Crippen molar-refractivity contribution in [1.29, 1.82) is 0 Å². The molecule has 0 fully saturated rings. The van der Waals surface area contributed by atoms with Crippen LogP contribution in [0.2, 0.25) is 5.02 Å². The molecule has 26 heavy (non-hydrogen) atoms. The topological polar surface area (TPSA) is 76.6 Å². The fourth-order valence-corrected chi connectivity index (χ4v) is 2.92. The van der Waals surface area contributed by atoms with Crippen molar-refractivity contribution in [2.75, 3.05) is 0 Å². The van der Waals surface area contributed by atoms with Crippen molar-refractivity contribution in [3.63, 3.8) is 0 Å². The Morgan fingerprint density at radius 1 is 1.35 bits per heavy atom. The van der Waals surface area contributed by atoms with Gasteiger partial charge >= 0.3 is 0 Å². The fraction of sp³-hybridized carbons (Fsp3) is 0.176. The Morgan fingerprint density at radius 2 is 2.19 bits per heavy atom. The second-order valence-corrected chi connectivity index (χ2v) is 6.19. The number of imidazole rings is 2. The molecule has 9 heteroatoms. The molecule has 0 radical (unpaired) electrons. The average Bonchev–Trinajstić information content (AvgIpc) is 3.21. The molecule has 0 saturated heterocycles. The van der Waals surface area contributed by atoms with E-state index in [9.17, 15) is 9.18 Å². The van der Waals surface area contributed by atoms with Gasteiger partial charge in [-0.2, -0.15) is 4.39 Å². The number of aromatic nitrogens is 5. The van der Waals surface area contributed by atoms with Crippen molar-refractivity contribution in [3.8, 4) is 0 Å². The minimum atomic E-state index is -0.758. The molecule has 4 rings (SSSR count). The number of fused-ring (bicyclic) bond motifs is 2. The number of hydrogen-bond donors (Lipinski definition) is 1. The molecule has 1 atom stereocenters. The highest BCUT2D eigenvalue weighted by atomic mass is 35.5. The average molecular weight is 373 g/mol. The minimum absolute atomic E-state index is 0.285. The smallest absolute Gasteiger partial charge is 0.275 e. The number of nitrogens with one attached hydrogen (secondary N) is 1. The molecule has 4 aromatic heterocycles. The van der Waals surface area contributed by atoms with Gasteiger partial charge < -0.3 is 5.32 Å². The summed E-state index contributed by atoms with van der Waals surface area (Å²) in [6.45, 7) is 1.90. The van der Waals surface area contributed by atoms with Crippen LogP contribution in [0.25, 0.3) is 11.4 Å². The lowest BCUT2D eigenvalue weighted by Gasteiger charge is -2.13. The molecule has 4 aromatic rings. The SMILES string of the molecule is CC[C@H](NC(=O)c1nc2ccc(Cl)cn2c1F)c1cn2cccnc2n1. The van der Waals surface area contributed by atoms with Crippen LogP contribution < -0.4 is 5.32 Å². The molecule has 0 aliphatic rings. The third-order valence-corrected chi connectivity index (χ3v) is 4.29. The summed E-state index contributed by atoms with van der Waals surface area (Å²) in [5, 5.41) is 3.14. The number of rotatable bonds is 4. The summed E-state index contributed by atoms with van der Waals surface area (Å²) in [6.07, 6.45) is 7.20. The van der Waals surface area contributed by atoms with E-state index < -0.39 is 17.9 Å². The van der Waals surface area contributed by atoms with Gasteiger partial charge in [0.15, 0.2) is 5.69 Å². The van der Waals surface area contributed by atoms with E-state index in [1.807, 2.05) is 13.1 Å². The molecule has 7 nitrogen and oxygen atoms in total. The van der Waals surface area contributed by atoms with Crippen LogP contribution in [-0.4, -0.2) is 29.7 Å². The zero-order chi connectivity index (χ0) is 18.3. The standard InChI is InChI=1S/C17H14ClFN6O/c1-2-11(12-9-24-7-3-6-20-17(24)22-12)21-16(26)14-15(19)25-8-10(18)4-5-13(25)23-14/h3-9,11H,2H2,1H3,(H,21,26)/t11-/m0/s1. The molecule has 0 aliphatic carbocycles. The Labute approximate surface area is 152 Å². The highest BCUT2D eigenvalue weighted by Crippen LogP contribution is 2.19. The largest absolute Gasteiger partial charge is 0.342 e. The molecule has 1 amide bonds. The van der Waals surface area contributed by atoms with Crippen LogP contribution in [0.4, 0.5) is 4.39 Å². The lowest BCUT2D eigenvalue weighted by Crippen LogP contribution is -2.29. The van der Waals surface area contributed by atoms with Crippen molar-refractivity contribution in [3.05, 3.63) is 65.3 Å². The van der Waals surface area contributed by atoms with Gasteiger partial charge in [-0.1, -0.05) is 18.5 Å². The van der Waals surface area contributed by atoms with Crippen molar-refractivity contribution in [2.24, 2.45) is 0 Å². The van der Waals surface area contributed by atoms with Crippen LogP contribution in [0.3, 0.4) is 0 Å². The molecular formula is C17H14ClFN6O. The zero-order valence-electron chi connectivity index (χ0n) is 13.7. The lowest BCUT2D eigenvalue weighted by molar-refractivity contribution is 0.0925. The summed E-state index contributed by atoms with van der Waals surface area (Å²) in [5.74, 6) is -0.838. The van der Waals surface area contributed by atoms with Crippen LogP contribution in [0, 0.1) is 5.95 Å². The maximum absolute atomic E-state index is 14.5. The van der Waals surface area contributed by atoms with Gasteiger partial charge in [0.1, 0.15) is 5.65 Å². The molecule has 0 saturated carbocycles. The quantitative estimate of drug-likeness (QED) is 0.597. The molecule has 0 unspecified atom stereocenters. The summed E-state index contributed by atoms with van der Waals surface area (Å²) in [5.41, 5.74) is 0.668. The Bertz CT molecular complexity index is 1090. The number of carbonyl (C=O) groups is 1. The normalized spacial score (nSPS) is 12.6. The summed E-state index contributed by atoms with van der Waals surface area (Å²) < 4.78 is 17.4. The van der Waals surface area contributed by atoms with E-state index in [4.69, 9.17) is 11.6 Å². The first-order valence-electron chi connectivity index (χ1n) is 8.00. The molecule has 1 N–H and O–H groups in total. The first-order chi connectivity index (χ1) is 12.6. The Morgan fingerprint density at radius 3 is 2.96 bits per heavy atom. The van der Waals surface area contributed by atoms with Gasteiger partial charge in [-0.25, -0.2) is 15.0 Å². The van der Waals surface area contributed by atoms with Gasteiger partial charge in [0.05, 0.1) is 16.8 Å². The molecule has 0 aliphatic heterocycles. The number of halogens is 2. The lowest BCUT2D eigenvalue weighted by atomic mass is 10.1. The van der Waals surface area contributed by atoms with E-state index in [-0.39, 0.29) is 5.69 Å². The second-order valence-electron chi connectivity index (χ2n) is 5.75. The number of hydrogen-bond acceptors (Lipinski definition) is 4. The monoisotopic (exact) mass is 372 g/mol. The summed E-state index contributed by atoms with van der Waals surface area (Å²) in [6, 6.07) is 4.53.